The van der Waals surface area contributed by atoms with Gasteiger partial charge in [0.05, 0.1) is 29.3 Å². The van der Waals surface area contributed by atoms with Crippen molar-refractivity contribution < 1.29 is 31.1 Å². The lowest BCUT2D eigenvalue weighted by Crippen LogP contribution is -2.42. The van der Waals surface area contributed by atoms with Gasteiger partial charge in [-0.05, 0) is 50.2 Å². The molecule has 7 nitrogen and oxygen atoms in total. The Bertz CT molecular complexity index is 1260. The van der Waals surface area contributed by atoms with Crippen LogP contribution < -0.4 is 14.8 Å². The number of aromatic nitrogens is 1. The molecule has 1 amide bonds. The highest BCUT2D eigenvalue weighted by atomic mass is 32.2. The minimum Gasteiger partial charge on any atom is -0.497 e. The monoisotopic (exact) mass is 499 g/mol. The van der Waals surface area contributed by atoms with Crippen molar-refractivity contribution in [1.82, 2.24) is 9.71 Å². The van der Waals surface area contributed by atoms with Crippen molar-refractivity contribution in [2.75, 3.05) is 12.4 Å². The second-order valence-corrected chi connectivity index (χ2v) is 9.86. The van der Waals surface area contributed by atoms with Gasteiger partial charge < -0.3 is 10.1 Å². The van der Waals surface area contributed by atoms with Gasteiger partial charge in [-0.3, -0.25) is 4.79 Å². The molecule has 0 aliphatic carbocycles. The van der Waals surface area contributed by atoms with Crippen LogP contribution in [0.15, 0.2) is 53.4 Å². The molecule has 33 heavy (non-hydrogen) atoms. The average Bonchev–Trinajstić information content (AvgIpc) is 3.12. The van der Waals surface area contributed by atoms with E-state index in [2.05, 4.69) is 10.3 Å². The molecule has 0 aliphatic heterocycles. The van der Waals surface area contributed by atoms with Crippen LogP contribution in [0.3, 0.4) is 0 Å². The molecule has 2 aromatic carbocycles. The Morgan fingerprint density at radius 1 is 1.12 bits per heavy atom. The Hall–Kier alpha value is -2.96. The molecule has 0 radical (unpaired) electrons. The minimum atomic E-state index is -4.87. The molecule has 1 atom stereocenters. The van der Waals surface area contributed by atoms with Gasteiger partial charge in [-0.15, -0.1) is 11.3 Å². The number of carbonyl (C=O) groups excluding carboxylic acids is 1. The van der Waals surface area contributed by atoms with Crippen molar-refractivity contribution in [3.8, 4) is 17.0 Å². The van der Waals surface area contributed by atoms with Crippen molar-refractivity contribution in [2.45, 2.75) is 31.0 Å². The second-order valence-electron chi connectivity index (χ2n) is 6.98. The molecule has 0 fully saturated rings. The molecule has 0 unspecified atom stereocenters. The van der Waals surface area contributed by atoms with E-state index in [1.807, 2.05) is 11.6 Å². The summed E-state index contributed by atoms with van der Waals surface area (Å²) in [5, 5.41) is 2.74. The highest BCUT2D eigenvalue weighted by Crippen LogP contribution is 2.34. The zero-order valence-corrected chi connectivity index (χ0v) is 19.4. The number of thiazole rings is 1. The lowest BCUT2D eigenvalue weighted by molar-refractivity contribution is -0.139. The molecule has 0 bridgehead atoms. The van der Waals surface area contributed by atoms with Gasteiger partial charge in [0, 0.05) is 10.4 Å². The smallest absolute Gasteiger partial charge is 0.417 e. The third kappa shape index (κ3) is 5.70. The number of sulfonamides is 1. The highest BCUT2D eigenvalue weighted by Gasteiger charge is 2.37. The van der Waals surface area contributed by atoms with Gasteiger partial charge in [-0.2, -0.15) is 17.9 Å². The number of rotatable bonds is 7. The summed E-state index contributed by atoms with van der Waals surface area (Å²) in [6.07, 6.45) is -4.87. The van der Waals surface area contributed by atoms with Crippen LogP contribution in [0.1, 0.15) is 17.4 Å². The number of methoxy groups -OCH3 is 1. The number of aryl methyl sites for hydroxylation is 1. The van der Waals surface area contributed by atoms with E-state index < -0.39 is 38.6 Å². The number of benzene rings is 2. The normalized spacial score (nSPS) is 12.9. The number of carbonyl (C=O) groups is 1. The predicted octanol–water partition coefficient (Wildman–Crippen LogP) is 4.45. The van der Waals surface area contributed by atoms with Crippen molar-refractivity contribution in [2.24, 2.45) is 0 Å². The number of hydrogen-bond acceptors (Lipinski definition) is 6. The Morgan fingerprint density at radius 2 is 1.76 bits per heavy atom. The van der Waals surface area contributed by atoms with Gasteiger partial charge in [-0.25, -0.2) is 13.4 Å². The fourth-order valence-corrected chi connectivity index (χ4v) is 5.23. The van der Waals surface area contributed by atoms with Gasteiger partial charge in [0.1, 0.15) is 5.75 Å². The van der Waals surface area contributed by atoms with Gasteiger partial charge in [0.25, 0.3) is 0 Å². The van der Waals surface area contributed by atoms with E-state index in [-0.39, 0.29) is 5.13 Å². The SMILES string of the molecule is COc1ccc(-c2nc(NC(=O)[C@@H](C)NS(=O)(=O)c3ccccc3C(F)(F)F)sc2C)cc1. The van der Waals surface area contributed by atoms with Crippen LogP contribution in [-0.2, 0) is 21.0 Å². The van der Waals surface area contributed by atoms with E-state index in [1.54, 1.807) is 31.4 Å². The van der Waals surface area contributed by atoms with Gasteiger partial charge in [0.2, 0.25) is 15.9 Å². The Labute approximate surface area is 192 Å². The first-order valence-corrected chi connectivity index (χ1v) is 11.8. The zero-order valence-electron chi connectivity index (χ0n) is 17.7. The van der Waals surface area contributed by atoms with Crippen LogP contribution in [-0.4, -0.2) is 32.5 Å². The fraction of sp³-hybridized carbons (Fsp3) is 0.238. The molecule has 1 aromatic heterocycles. The molecular weight excluding hydrogens is 479 g/mol. The Morgan fingerprint density at radius 3 is 2.36 bits per heavy atom. The molecule has 0 saturated carbocycles. The largest absolute Gasteiger partial charge is 0.497 e. The summed E-state index contributed by atoms with van der Waals surface area (Å²) in [6, 6.07) is 9.55. The lowest BCUT2D eigenvalue weighted by Gasteiger charge is -2.16. The van der Waals surface area contributed by atoms with E-state index in [0.717, 1.165) is 22.6 Å². The molecule has 2 N–H and O–H groups in total. The third-order valence-electron chi connectivity index (χ3n) is 4.60. The number of hydrogen-bond donors (Lipinski definition) is 2. The number of alkyl halides is 3. The Kier molecular flexibility index (Phi) is 7.10. The first kappa shape index (κ1) is 24.7. The van der Waals surface area contributed by atoms with Crippen molar-refractivity contribution >= 4 is 32.4 Å². The Balaban J connectivity index is 1.75. The number of ether oxygens (including phenoxy) is 1. The average molecular weight is 500 g/mol. The molecule has 176 valence electrons. The third-order valence-corrected chi connectivity index (χ3v) is 7.08. The molecule has 0 saturated heterocycles. The van der Waals surface area contributed by atoms with Crippen LogP contribution >= 0.6 is 11.3 Å². The summed E-state index contributed by atoms with van der Waals surface area (Å²) in [6.45, 7) is 3.04. The predicted molar refractivity (Wildman–Crippen MR) is 119 cm³/mol. The number of amides is 1. The molecule has 0 aliphatic rings. The van der Waals surface area contributed by atoms with Gasteiger partial charge >= 0.3 is 6.18 Å². The summed E-state index contributed by atoms with van der Waals surface area (Å²) >= 11 is 1.18. The fourth-order valence-electron chi connectivity index (χ4n) is 2.97. The van der Waals surface area contributed by atoms with Gasteiger partial charge in [0.15, 0.2) is 5.13 Å². The molecule has 3 aromatic rings. The molecule has 3 rings (SSSR count). The number of halogens is 3. The van der Waals surface area contributed by atoms with E-state index in [4.69, 9.17) is 4.74 Å². The van der Waals surface area contributed by atoms with Crippen molar-refractivity contribution in [3.63, 3.8) is 0 Å². The molecular formula is C21H20F3N3O4S2. The quantitative estimate of drug-likeness (QED) is 0.501. The summed E-state index contributed by atoms with van der Waals surface area (Å²) < 4.78 is 71.8. The topological polar surface area (TPSA) is 97.4 Å². The first-order valence-electron chi connectivity index (χ1n) is 9.53. The summed E-state index contributed by atoms with van der Waals surface area (Å²) in [5.74, 6) is -0.0912. The zero-order chi connectivity index (χ0) is 24.4. The molecule has 0 spiro atoms. The lowest BCUT2D eigenvalue weighted by atomic mass is 10.1. The van der Waals surface area contributed by atoms with Crippen LogP contribution in [0.5, 0.6) is 5.75 Å². The molecule has 12 heteroatoms. The van der Waals surface area contributed by atoms with Crippen LogP contribution in [0.25, 0.3) is 11.3 Å². The number of nitrogens with one attached hydrogen (secondary N) is 2. The number of anilines is 1. The van der Waals surface area contributed by atoms with Crippen molar-refractivity contribution in [1.29, 1.82) is 0 Å². The highest BCUT2D eigenvalue weighted by molar-refractivity contribution is 7.89. The molecule has 1 heterocycles. The summed E-state index contributed by atoms with van der Waals surface area (Å²) in [4.78, 5) is 16.8. The van der Waals surface area contributed by atoms with Gasteiger partial charge in [-0.1, -0.05) is 12.1 Å². The summed E-state index contributed by atoms with van der Waals surface area (Å²) in [5.41, 5.74) is 0.109. The maximum Gasteiger partial charge on any atom is 0.417 e. The van der Waals surface area contributed by atoms with Crippen LogP contribution in [0.4, 0.5) is 18.3 Å². The first-order chi connectivity index (χ1) is 15.4. The van der Waals surface area contributed by atoms with Crippen LogP contribution in [0, 0.1) is 6.92 Å². The maximum absolute atomic E-state index is 13.2. The number of nitrogens with zero attached hydrogens (tertiary/aromatic N) is 1. The van der Waals surface area contributed by atoms with E-state index >= 15 is 0 Å². The van der Waals surface area contributed by atoms with E-state index in [0.29, 0.717) is 17.5 Å². The van der Waals surface area contributed by atoms with Crippen molar-refractivity contribution in [3.05, 3.63) is 59.0 Å². The van der Waals surface area contributed by atoms with Crippen LogP contribution in [0.2, 0.25) is 0 Å². The minimum absolute atomic E-state index is 0.227. The van der Waals surface area contributed by atoms with E-state index in [9.17, 15) is 26.4 Å². The maximum atomic E-state index is 13.2. The second kappa shape index (κ2) is 9.49. The summed E-state index contributed by atoms with van der Waals surface area (Å²) in [7, 11) is -3.07. The standard InChI is InChI=1S/C21H20F3N3O4S2/c1-12(27-33(29,30)17-7-5-4-6-16(17)21(22,23)24)19(28)26-20-25-18(13(2)32-20)14-8-10-15(31-3)11-9-14/h4-12,27H,1-3H3,(H,25,26,28)/t12-/m1/s1. The van der Waals surface area contributed by atoms with E-state index in [1.165, 1.54) is 24.3 Å².